The molecule has 0 bridgehead atoms. The van der Waals surface area contributed by atoms with E-state index in [4.69, 9.17) is 4.74 Å². The Hall–Kier alpha value is -4.55. The molecule has 0 aliphatic carbocycles. The number of hydrogen-bond acceptors (Lipinski definition) is 6. The normalized spacial score (nSPS) is 13.4. The molecule has 3 heterocycles. The number of imidazole rings is 1. The molecule has 0 radical (unpaired) electrons. The SMILES string of the molecule is CCOC(=O)c1c(C(F)(F)F)nc2n1CCN(C(=O)c1cc(Cc3n[nH]c(=O)c4ccccc34)ccc1F)C2. The van der Waals surface area contributed by atoms with Crippen LogP contribution >= 0.6 is 0 Å². The van der Waals surface area contributed by atoms with Crippen LogP contribution in [-0.2, 0) is 30.4 Å². The summed E-state index contributed by atoms with van der Waals surface area (Å²) < 4.78 is 61.5. The molecule has 0 spiro atoms. The number of fused-ring (bicyclic) bond motifs is 2. The summed E-state index contributed by atoms with van der Waals surface area (Å²) in [5.41, 5.74) is -1.69. The summed E-state index contributed by atoms with van der Waals surface area (Å²) in [5, 5.41) is 7.58. The second-order valence-corrected chi connectivity index (χ2v) is 8.86. The Labute approximate surface area is 218 Å². The Morgan fingerprint density at radius 2 is 1.85 bits per heavy atom. The monoisotopic (exact) mass is 543 g/mol. The molecule has 0 unspecified atom stereocenters. The number of amides is 1. The molecule has 1 aliphatic rings. The second-order valence-electron chi connectivity index (χ2n) is 8.86. The van der Waals surface area contributed by atoms with Crippen LogP contribution in [0.5, 0.6) is 0 Å². The minimum Gasteiger partial charge on any atom is -0.461 e. The van der Waals surface area contributed by atoms with E-state index in [0.717, 1.165) is 10.6 Å². The highest BCUT2D eigenvalue weighted by molar-refractivity contribution is 5.95. The fourth-order valence-corrected chi connectivity index (χ4v) is 4.62. The van der Waals surface area contributed by atoms with Gasteiger partial charge in [0.1, 0.15) is 11.6 Å². The number of aromatic nitrogens is 4. The molecule has 4 aromatic rings. The number of hydrogen-bond donors (Lipinski definition) is 1. The average molecular weight is 543 g/mol. The lowest BCUT2D eigenvalue weighted by molar-refractivity contribution is -0.141. The summed E-state index contributed by atoms with van der Waals surface area (Å²) in [6, 6.07) is 10.8. The molecular weight excluding hydrogens is 522 g/mol. The molecule has 0 atom stereocenters. The van der Waals surface area contributed by atoms with Crippen molar-refractivity contribution in [3.63, 3.8) is 0 Å². The van der Waals surface area contributed by atoms with Crippen LogP contribution in [0, 0.1) is 5.82 Å². The van der Waals surface area contributed by atoms with Crippen LogP contribution in [0.3, 0.4) is 0 Å². The second kappa shape index (κ2) is 9.97. The summed E-state index contributed by atoms with van der Waals surface area (Å²) in [7, 11) is 0. The molecule has 1 amide bonds. The van der Waals surface area contributed by atoms with E-state index < -0.39 is 35.3 Å². The fraction of sp³-hybridized carbons (Fsp3) is 0.269. The number of aromatic amines is 1. The van der Waals surface area contributed by atoms with Gasteiger partial charge in [0.2, 0.25) is 0 Å². The van der Waals surface area contributed by atoms with Crippen LogP contribution in [0.25, 0.3) is 10.8 Å². The Morgan fingerprint density at radius 1 is 1.10 bits per heavy atom. The summed E-state index contributed by atoms with van der Waals surface area (Å²) in [6.07, 6.45) is -4.73. The molecule has 202 valence electrons. The number of halogens is 4. The molecule has 5 rings (SSSR count). The largest absolute Gasteiger partial charge is 0.461 e. The van der Waals surface area contributed by atoms with Crippen LogP contribution in [0.4, 0.5) is 17.6 Å². The first-order valence-electron chi connectivity index (χ1n) is 12.0. The van der Waals surface area contributed by atoms with E-state index in [9.17, 15) is 31.9 Å². The third kappa shape index (κ3) is 4.87. The number of nitrogens with zero attached hydrogens (tertiary/aromatic N) is 4. The predicted molar refractivity (Wildman–Crippen MR) is 129 cm³/mol. The maximum absolute atomic E-state index is 14.8. The zero-order valence-corrected chi connectivity index (χ0v) is 20.5. The number of esters is 1. The van der Waals surface area contributed by atoms with Gasteiger partial charge in [-0.3, -0.25) is 9.59 Å². The van der Waals surface area contributed by atoms with Gasteiger partial charge in [-0.1, -0.05) is 24.3 Å². The lowest BCUT2D eigenvalue weighted by Gasteiger charge is -2.28. The number of ether oxygens (including phenoxy) is 1. The van der Waals surface area contributed by atoms with Crippen LogP contribution in [-0.4, -0.2) is 49.7 Å². The Balaban J connectivity index is 1.43. The van der Waals surface area contributed by atoms with Gasteiger partial charge in [-0.05, 0) is 30.7 Å². The van der Waals surface area contributed by atoms with Crippen molar-refractivity contribution >= 4 is 22.6 Å². The summed E-state index contributed by atoms with van der Waals surface area (Å²) >= 11 is 0. The van der Waals surface area contributed by atoms with Crippen LogP contribution in [0.15, 0.2) is 47.3 Å². The summed E-state index contributed by atoms with van der Waals surface area (Å²) in [5.74, 6) is -2.87. The maximum Gasteiger partial charge on any atom is 0.435 e. The van der Waals surface area contributed by atoms with Crippen LogP contribution < -0.4 is 5.56 Å². The maximum atomic E-state index is 14.8. The molecule has 1 aliphatic heterocycles. The minimum absolute atomic E-state index is 0.0817. The first-order chi connectivity index (χ1) is 18.6. The van der Waals surface area contributed by atoms with Crippen molar-refractivity contribution in [2.75, 3.05) is 13.2 Å². The average Bonchev–Trinajstić information content (AvgIpc) is 3.31. The van der Waals surface area contributed by atoms with Gasteiger partial charge in [0.25, 0.3) is 11.5 Å². The van der Waals surface area contributed by atoms with Gasteiger partial charge in [-0.2, -0.15) is 18.3 Å². The van der Waals surface area contributed by atoms with E-state index in [2.05, 4.69) is 15.2 Å². The molecule has 0 saturated heterocycles. The van der Waals surface area contributed by atoms with E-state index in [0.29, 0.717) is 22.0 Å². The lowest BCUT2D eigenvalue weighted by atomic mass is 10.0. The number of nitrogens with one attached hydrogen (secondary N) is 1. The molecule has 2 aromatic heterocycles. The van der Waals surface area contributed by atoms with Crippen molar-refractivity contribution in [2.45, 2.75) is 32.6 Å². The van der Waals surface area contributed by atoms with Crippen molar-refractivity contribution in [3.05, 3.63) is 92.7 Å². The Morgan fingerprint density at radius 3 is 2.56 bits per heavy atom. The van der Waals surface area contributed by atoms with E-state index in [1.54, 1.807) is 24.3 Å². The fourth-order valence-electron chi connectivity index (χ4n) is 4.62. The standard InChI is InChI=1S/C26H21F4N5O4/c1-2-39-25(38)21-22(26(28,29)30)31-20-13-34(9-10-35(20)21)24(37)17-11-14(7-8-18(17)27)12-19-15-5-3-4-6-16(15)23(36)33-32-19/h3-8,11H,2,9-10,12-13H2,1H3,(H,33,36). The molecule has 39 heavy (non-hydrogen) atoms. The highest BCUT2D eigenvalue weighted by Gasteiger charge is 2.43. The summed E-state index contributed by atoms with van der Waals surface area (Å²) in [6.45, 7) is 0.740. The van der Waals surface area contributed by atoms with Gasteiger partial charge in [0, 0.05) is 24.9 Å². The van der Waals surface area contributed by atoms with Crippen LogP contribution in [0.2, 0.25) is 0 Å². The minimum atomic E-state index is -4.92. The Bertz CT molecular complexity index is 1660. The van der Waals surface area contributed by atoms with Gasteiger partial charge in [0.05, 0.1) is 29.8 Å². The third-order valence-electron chi connectivity index (χ3n) is 6.40. The number of H-pyrrole nitrogens is 1. The van der Waals surface area contributed by atoms with Crippen molar-refractivity contribution < 1.29 is 31.9 Å². The number of rotatable bonds is 5. The smallest absolute Gasteiger partial charge is 0.435 e. The topological polar surface area (TPSA) is 110 Å². The van der Waals surface area contributed by atoms with E-state index in [1.807, 2.05) is 0 Å². The number of carbonyl (C=O) groups excluding carboxylic acids is 2. The van der Waals surface area contributed by atoms with Gasteiger partial charge in [0.15, 0.2) is 11.4 Å². The van der Waals surface area contributed by atoms with Crippen molar-refractivity contribution in [1.29, 1.82) is 0 Å². The van der Waals surface area contributed by atoms with E-state index in [-0.39, 0.29) is 49.6 Å². The summed E-state index contributed by atoms with van der Waals surface area (Å²) in [4.78, 5) is 42.4. The molecule has 2 aromatic carbocycles. The quantitative estimate of drug-likeness (QED) is 0.304. The zero-order valence-electron chi connectivity index (χ0n) is 20.5. The number of alkyl halides is 3. The van der Waals surface area contributed by atoms with Gasteiger partial charge >= 0.3 is 12.1 Å². The molecule has 1 N–H and O–H groups in total. The third-order valence-corrected chi connectivity index (χ3v) is 6.40. The van der Waals surface area contributed by atoms with Gasteiger partial charge in [-0.25, -0.2) is 19.3 Å². The van der Waals surface area contributed by atoms with E-state index in [1.165, 1.54) is 24.0 Å². The van der Waals surface area contributed by atoms with E-state index >= 15 is 0 Å². The predicted octanol–water partition coefficient (Wildman–Crippen LogP) is 3.70. The Kier molecular flexibility index (Phi) is 6.66. The highest BCUT2D eigenvalue weighted by atomic mass is 19.4. The van der Waals surface area contributed by atoms with Crippen molar-refractivity contribution in [2.24, 2.45) is 0 Å². The molecule has 9 nitrogen and oxygen atoms in total. The first-order valence-corrected chi connectivity index (χ1v) is 12.0. The van der Waals surface area contributed by atoms with Gasteiger partial charge in [-0.15, -0.1) is 0 Å². The molecule has 0 saturated carbocycles. The molecule has 0 fully saturated rings. The molecular formula is C26H21F4N5O4. The lowest BCUT2D eigenvalue weighted by Crippen LogP contribution is -2.39. The highest BCUT2D eigenvalue weighted by Crippen LogP contribution is 2.34. The van der Waals surface area contributed by atoms with Crippen LogP contribution in [0.1, 0.15) is 50.5 Å². The number of benzene rings is 2. The van der Waals surface area contributed by atoms with Crippen molar-refractivity contribution in [1.82, 2.24) is 24.6 Å². The number of carbonyl (C=O) groups is 2. The molecule has 13 heteroatoms. The zero-order chi connectivity index (χ0) is 27.9. The van der Waals surface area contributed by atoms with Gasteiger partial charge < -0.3 is 14.2 Å². The van der Waals surface area contributed by atoms with Crippen molar-refractivity contribution in [3.8, 4) is 0 Å². The first kappa shape index (κ1) is 26.1.